The Labute approximate surface area is 91.5 Å². The maximum Gasteiger partial charge on any atom is 0.573 e. The second-order valence-electron chi connectivity index (χ2n) is 2.49. The smallest absolute Gasteiger partial charge is 0.433 e. The lowest BCUT2D eigenvalue weighted by Gasteiger charge is -2.12. The van der Waals surface area contributed by atoms with Gasteiger partial charge >= 0.3 is 13.0 Å². The fourth-order valence-corrected chi connectivity index (χ4v) is 1.09. The minimum atomic E-state index is -4.95. The summed E-state index contributed by atoms with van der Waals surface area (Å²) in [6.45, 7) is -3.18. The van der Waals surface area contributed by atoms with Crippen molar-refractivity contribution in [1.29, 1.82) is 0 Å². The SMILES string of the molecule is FC(F)Oc1cccc(OC(F)(F)F)c1Cl. The van der Waals surface area contributed by atoms with E-state index in [0.717, 1.165) is 18.2 Å². The van der Waals surface area contributed by atoms with E-state index in [0.29, 0.717) is 0 Å². The number of rotatable bonds is 3. The Bertz CT molecular complexity index is 366. The van der Waals surface area contributed by atoms with Gasteiger partial charge in [-0.3, -0.25) is 0 Å². The van der Waals surface area contributed by atoms with Crippen LogP contribution in [0, 0.1) is 0 Å². The van der Waals surface area contributed by atoms with E-state index < -0.39 is 29.5 Å². The third-order valence-corrected chi connectivity index (χ3v) is 1.74. The van der Waals surface area contributed by atoms with Crippen LogP contribution in [-0.2, 0) is 0 Å². The van der Waals surface area contributed by atoms with Crippen molar-refractivity contribution in [2.45, 2.75) is 13.0 Å². The monoisotopic (exact) mass is 262 g/mol. The summed E-state index contributed by atoms with van der Waals surface area (Å²) in [6.07, 6.45) is -4.95. The van der Waals surface area contributed by atoms with Crippen molar-refractivity contribution in [1.82, 2.24) is 0 Å². The highest BCUT2D eigenvalue weighted by Gasteiger charge is 2.32. The lowest BCUT2D eigenvalue weighted by Crippen LogP contribution is -2.17. The first-order chi connectivity index (χ1) is 7.29. The van der Waals surface area contributed by atoms with Gasteiger partial charge in [0.2, 0.25) is 0 Å². The van der Waals surface area contributed by atoms with Gasteiger partial charge in [-0.05, 0) is 12.1 Å². The molecule has 0 saturated heterocycles. The minimum absolute atomic E-state index is 0.585. The Kier molecular flexibility index (Phi) is 3.79. The molecular weight excluding hydrogens is 259 g/mol. The molecule has 2 nitrogen and oxygen atoms in total. The molecule has 0 unspecified atom stereocenters. The first-order valence-corrected chi connectivity index (χ1v) is 4.16. The van der Waals surface area contributed by atoms with Crippen molar-refractivity contribution in [3.63, 3.8) is 0 Å². The van der Waals surface area contributed by atoms with Crippen LogP contribution < -0.4 is 9.47 Å². The largest absolute Gasteiger partial charge is 0.573 e. The topological polar surface area (TPSA) is 18.5 Å². The number of hydrogen-bond acceptors (Lipinski definition) is 2. The number of ether oxygens (including phenoxy) is 2. The van der Waals surface area contributed by atoms with Crippen LogP contribution in [0.2, 0.25) is 5.02 Å². The summed E-state index contributed by atoms with van der Waals surface area (Å²) in [4.78, 5) is 0. The van der Waals surface area contributed by atoms with E-state index in [1.165, 1.54) is 0 Å². The van der Waals surface area contributed by atoms with Crippen LogP contribution in [0.1, 0.15) is 0 Å². The summed E-state index contributed by atoms with van der Waals surface area (Å²) in [5, 5.41) is -0.667. The molecule has 8 heteroatoms. The zero-order valence-electron chi connectivity index (χ0n) is 7.39. The Balaban J connectivity index is 2.95. The van der Waals surface area contributed by atoms with E-state index in [4.69, 9.17) is 11.6 Å². The Morgan fingerprint density at radius 2 is 1.69 bits per heavy atom. The highest BCUT2D eigenvalue weighted by Crippen LogP contribution is 2.37. The molecule has 0 aliphatic heterocycles. The van der Waals surface area contributed by atoms with E-state index in [1.807, 2.05) is 0 Å². The van der Waals surface area contributed by atoms with Gasteiger partial charge in [-0.25, -0.2) is 0 Å². The standard InChI is InChI=1S/C8H4ClF5O2/c9-6-4(15-7(10)11)2-1-3-5(6)16-8(12,13)14/h1-3,7H. The molecule has 1 aromatic carbocycles. The summed E-state index contributed by atoms with van der Waals surface area (Å²) in [5.74, 6) is -1.38. The maximum absolute atomic E-state index is 11.8. The van der Waals surface area contributed by atoms with E-state index in [-0.39, 0.29) is 0 Å². The molecule has 1 aromatic rings. The lowest BCUT2D eigenvalue weighted by atomic mass is 10.3. The molecule has 0 aliphatic carbocycles. The summed E-state index contributed by atoms with van der Waals surface area (Å²) in [7, 11) is 0. The Morgan fingerprint density at radius 1 is 1.12 bits per heavy atom. The molecule has 0 N–H and O–H groups in total. The van der Waals surface area contributed by atoms with Crippen LogP contribution in [-0.4, -0.2) is 13.0 Å². The van der Waals surface area contributed by atoms with Crippen molar-refractivity contribution in [3.8, 4) is 11.5 Å². The Morgan fingerprint density at radius 3 is 2.19 bits per heavy atom. The average molecular weight is 263 g/mol. The maximum atomic E-state index is 11.8. The van der Waals surface area contributed by atoms with E-state index in [9.17, 15) is 22.0 Å². The van der Waals surface area contributed by atoms with Gasteiger partial charge < -0.3 is 9.47 Å². The van der Waals surface area contributed by atoms with Crippen molar-refractivity contribution in [3.05, 3.63) is 23.2 Å². The number of benzene rings is 1. The number of hydrogen-bond donors (Lipinski definition) is 0. The van der Waals surface area contributed by atoms with Crippen LogP contribution in [0.4, 0.5) is 22.0 Å². The molecule has 0 atom stereocenters. The lowest BCUT2D eigenvalue weighted by molar-refractivity contribution is -0.274. The molecule has 0 fully saturated rings. The van der Waals surface area contributed by atoms with Crippen LogP contribution in [0.3, 0.4) is 0 Å². The van der Waals surface area contributed by atoms with Crippen molar-refractivity contribution >= 4 is 11.6 Å². The first-order valence-electron chi connectivity index (χ1n) is 3.78. The van der Waals surface area contributed by atoms with E-state index in [1.54, 1.807) is 0 Å². The predicted octanol–water partition coefficient (Wildman–Crippen LogP) is 3.84. The molecule has 0 aromatic heterocycles. The Hall–Kier alpha value is -1.24. The van der Waals surface area contributed by atoms with Gasteiger partial charge in [0.1, 0.15) is 10.8 Å². The normalized spacial score (nSPS) is 11.7. The number of alkyl halides is 5. The van der Waals surface area contributed by atoms with Gasteiger partial charge in [0, 0.05) is 0 Å². The van der Waals surface area contributed by atoms with Gasteiger partial charge in [-0.2, -0.15) is 8.78 Å². The molecule has 0 spiro atoms. The zero-order chi connectivity index (χ0) is 12.3. The second kappa shape index (κ2) is 4.73. The quantitative estimate of drug-likeness (QED) is 0.771. The molecule has 0 amide bonds. The number of halogens is 6. The molecule has 0 saturated carbocycles. The minimum Gasteiger partial charge on any atom is -0.433 e. The van der Waals surface area contributed by atoms with Gasteiger partial charge in [-0.15, -0.1) is 13.2 Å². The molecule has 0 aliphatic rings. The van der Waals surface area contributed by atoms with E-state index in [2.05, 4.69) is 9.47 Å². The van der Waals surface area contributed by atoms with Crippen LogP contribution in [0.15, 0.2) is 18.2 Å². The van der Waals surface area contributed by atoms with Gasteiger partial charge in [0.25, 0.3) is 0 Å². The van der Waals surface area contributed by atoms with Crippen molar-refractivity contribution in [2.24, 2.45) is 0 Å². The zero-order valence-corrected chi connectivity index (χ0v) is 8.15. The molecule has 1 rings (SSSR count). The third kappa shape index (κ3) is 3.73. The van der Waals surface area contributed by atoms with Crippen LogP contribution in [0.5, 0.6) is 11.5 Å². The predicted molar refractivity (Wildman–Crippen MR) is 44.8 cm³/mol. The summed E-state index contributed by atoms with van der Waals surface area (Å²) in [5.41, 5.74) is 0. The first kappa shape index (κ1) is 12.8. The summed E-state index contributed by atoms with van der Waals surface area (Å²) in [6, 6.07) is 2.93. The van der Waals surface area contributed by atoms with Crippen LogP contribution >= 0.6 is 11.6 Å². The fourth-order valence-electron chi connectivity index (χ4n) is 0.881. The van der Waals surface area contributed by atoms with E-state index >= 15 is 0 Å². The van der Waals surface area contributed by atoms with Gasteiger partial charge in [0.15, 0.2) is 5.75 Å². The molecule has 0 bridgehead atoms. The van der Waals surface area contributed by atoms with Crippen LogP contribution in [0.25, 0.3) is 0 Å². The molecule has 90 valence electrons. The highest BCUT2D eigenvalue weighted by atomic mass is 35.5. The van der Waals surface area contributed by atoms with Gasteiger partial charge in [-0.1, -0.05) is 17.7 Å². The summed E-state index contributed by atoms with van der Waals surface area (Å²) < 4.78 is 66.6. The molecular formula is C8H4ClF5O2. The second-order valence-corrected chi connectivity index (χ2v) is 2.87. The summed E-state index contributed by atoms with van der Waals surface area (Å²) >= 11 is 5.38. The van der Waals surface area contributed by atoms with Gasteiger partial charge in [0.05, 0.1) is 0 Å². The highest BCUT2D eigenvalue weighted by molar-refractivity contribution is 6.33. The third-order valence-electron chi connectivity index (χ3n) is 1.37. The molecule has 0 radical (unpaired) electrons. The fraction of sp³-hybridized carbons (Fsp3) is 0.250. The van der Waals surface area contributed by atoms with Crippen molar-refractivity contribution in [2.75, 3.05) is 0 Å². The average Bonchev–Trinajstić information content (AvgIpc) is 2.09. The molecule has 16 heavy (non-hydrogen) atoms. The molecule has 0 heterocycles. The van der Waals surface area contributed by atoms with Crippen molar-refractivity contribution < 1.29 is 31.4 Å².